The molecule has 4 heteroatoms. The lowest BCUT2D eigenvalue weighted by molar-refractivity contribution is -0.149. The van der Waals surface area contributed by atoms with E-state index >= 15 is 0 Å². The highest BCUT2D eigenvalue weighted by Crippen LogP contribution is 2.71. The zero-order valence-corrected chi connectivity index (χ0v) is 18.1. The van der Waals surface area contributed by atoms with Crippen LogP contribution < -0.4 is 9.47 Å². The highest BCUT2D eigenvalue weighted by molar-refractivity contribution is 5.99. The zero-order chi connectivity index (χ0) is 20.7. The van der Waals surface area contributed by atoms with Crippen LogP contribution in [0.5, 0.6) is 11.5 Å². The van der Waals surface area contributed by atoms with Crippen LogP contribution in [0.4, 0.5) is 0 Å². The number of aliphatic carboxylic acids is 1. The molecule has 1 aromatic rings. The Labute approximate surface area is 168 Å². The molecule has 1 saturated carbocycles. The van der Waals surface area contributed by atoms with E-state index < -0.39 is 11.4 Å². The smallest absolute Gasteiger partial charge is 0.314 e. The third kappa shape index (κ3) is 2.75. The molecule has 2 atom stereocenters. The molecule has 4 nitrogen and oxygen atoms in total. The van der Waals surface area contributed by atoms with Crippen LogP contribution in [0.15, 0.2) is 17.7 Å². The Hall–Kier alpha value is -1.97. The van der Waals surface area contributed by atoms with Gasteiger partial charge in [0.05, 0.1) is 25.2 Å². The molecule has 1 aromatic carbocycles. The van der Waals surface area contributed by atoms with Crippen LogP contribution in [0.3, 0.4) is 0 Å². The summed E-state index contributed by atoms with van der Waals surface area (Å²) in [6.07, 6.45) is 6.05. The van der Waals surface area contributed by atoms with E-state index in [1.807, 2.05) is 0 Å². The van der Waals surface area contributed by atoms with Crippen molar-refractivity contribution >= 4 is 11.5 Å². The van der Waals surface area contributed by atoms with Crippen molar-refractivity contribution in [1.82, 2.24) is 0 Å². The Morgan fingerprint density at radius 2 is 1.79 bits per heavy atom. The highest BCUT2D eigenvalue weighted by atomic mass is 16.5. The number of hydrogen-bond donors (Lipinski definition) is 1. The molecule has 1 fully saturated rings. The Bertz CT molecular complexity index is 780. The van der Waals surface area contributed by atoms with Crippen molar-refractivity contribution in [2.24, 2.45) is 16.7 Å². The van der Waals surface area contributed by atoms with Gasteiger partial charge in [-0.25, -0.2) is 0 Å². The number of carboxylic acid groups (broad SMARTS) is 1. The predicted octanol–water partition coefficient (Wildman–Crippen LogP) is 5.73. The average molecular weight is 387 g/mol. The van der Waals surface area contributed by atoms with E-state index in [0.29, 0.717) is 6.42 Å². The molecule has 0 radical (unpaired) electrons. The number of hydrogen-bond acceptors (Lipinski definition) is 3. The van der Waals surface area contributed by atoms with Crippen molar-refractivity contribution in [2.75, 3.05) is 14.2 Å². The van der Waals surface area contributed by atoms with Gasteiger partial charge in [0.1, 0.15) is 11.5 Å². The van der Waals surface area contributed by atoms with Crippen molar-refractivity contribution in [3.63, 3.8) is 0 Å². The first-order valence-electron chi connectivity index (χ1n) is 10.5. The summed E-state index contributed by atoms with van der Waals surface area (Å²) in [6.45, 7) is 8.50. The molecule has 154 valence electrons. The molecule has 0 aromatic heterocycles. The first-order chi connectivity index (χ1) is 13.3. The van der Waals surface area contributed by atoms with Gasteiger partial charge in [0.25, 0.3) is 0 Å². The van der Waals surface area contributed by atoms with Crippen molar-refractivity contribution < 1.29 is 19.4 Å². The number of allylic oxidation sites excluding steroid dienone is 1. The van der Waals surface area contributed by atoms with E-state index in [2.05, 4.69) is 39.8 Å². The fourth-order valence-corrected chi connectivity index (χ4v) is 5.89. The molecule has 28 heavy (non-hydrogen) atoms. The number of unbranched alkanes of at least 4 members (excludes halogenated alkanes) is 2. The number of fused-ring (bicyclic) bond motifs is 2. The van der Waals surface area contributed by atoms with E-state index in [-0.39, 0.29) is 11.3 Å². The molecule has 2 aliphatic carbocycles. The summed E-state index contributed by atoms with van der Waals surface area (Å²) >= 11 is 0. The zero-order valence-electron chi connectivity index (χ0n) is 18.1. The Balaban J connectivity index is 2.19. The molecule has 0 heterocycles. The minimum absolute atomic E-state index is 0.275. The molecular formula is C24H34O4. The first-order valence-corrected chi connectivity index (χ1v) is 10.5. The van der Waals surface area contributed by atoms with Gasteiger partial charge in [-0.15, -0.1) is 0 Å². The largest absolute Gasteiger partial charge is 0.496 e. The van der Waals surface area contributed by atoms with Gasteiger partial charge in [0.15, 0.2) is 0 Å². The number of benzene rings is 1. The lowest BCUT2D eigenvalue weighted by Crippen LogP contribution is -2.40. The number of aryl methyl sites for hydroxylation is 1. The van der Waals surface area contributed by atoms with E-state index in [0.717, 1.165) is 41.9 Å². The quantitative estimate of drug-likeness (QED) is 0.580. The van der Waals surface area contributed by atoms with Gasteiger partial charge in [-0.2, -0.15) is 0 Å². The van der Waals surface area contributed by atoms with Crippen LogP contribution in [0.1, 0.15) is 70.9 Å². The number of rotatable bonds is 8. The van der Waals surface area contributed by atoms with Gasteiger partial charge < -0.3 is 14.6 Å². The first kappa shape index (κ1) is 20.8. The second kappa shape index (κ2) is 7.46. The highest BCUT2D eigenvalue weighted by Gasteiger charge is 2.67. The summed E-state index contributed by atoms with van der Waals surface area (Å²) in [5.41, 5.74) is 2.87. The van der Waals surface area contributed by atoms with Gasteiger partial charge in [0, 0.05) is 0 Å². The van der Waals surface area contributed by atoms with Crippen molar-refractivity contribution in [1.29, 1.82) is 0 Å². The molecule has 0 amide bonds. The topological polar surface area (TPSA) is 55.8 Å². The third-order valence-corrected chi connectivity index (χ3v) is 7.37. The summed E-state index contributed by atoms with van der Waals surface area (Å²) in [4.78, 5) is 12.7. The predicted molar refractivity (Wildman–Crippen MR) is 112 cm³/mol. The fraction of sp³-hybridized carbons (Fsp3) is 0.625. The van der Waals surface area contributed by atoms with Crippen LogP contribution >= 0.6 is 0 Å². The van der Waals surface area contributed by atoms with Gasteiger partial charge in [-0.1, -0.05) is 39.2 Å². The summed E-state index contributed by atoms with van der Waals surface area (Å²) in [5.74, 6) is 0.994. The molecule has 2 aliphatic rings. The van der Waals surface area contributed by atoms with Crippen molar-refractivity contribution in [3.05, 3.63) is 28.8 Å². The molecule has 3 rings (SSSR count). The maximum atomic E-state index is 12.7. The molecule has 0 aliphatic heterocycles. The van der Waals surface area contributed by atoms with Crippen LogP contribution in [0.2, 0.25) is 0 Å². The number of ether oxygens (including phenoxy) is 2. The van der Waals surface area contributed by atoms with Crippen LogP contribution in [-0.4, -0.2) is 25.3 Å². The minimum atomic E-state index is -0.897. The second-order valence-corrected chi connectivity index (χ2v) is 8.91. The lowest BCUT2D eigenvalue weighted by atomic mass is 9.64. The summed E-state index contributed by atoms with van der Waals surface area (Å²) in [5, 5.41) is 10.4. The average Bonchev–Trinajstić information content (AvgIpc) is 3.02. The summed E-state index contributed by atoms with van der Waals surface area (Å²) < 4.78 is 11.6. The Morgan fingerprint density at radius 1 is 1.18 bits per heavy atom. The summed E-state index contributed by atoms with van der Waals surface area (Å²) in [7, 11) is 3.32. The molecular weight excluding hydrogens is 352 g/mol. The monoisotopic (exact) mass is 386 g/mol. The standard InChI is InChI=1S/C24H34O4/c1-7-8-9-10-16-13-18(27-5)20(19(14-16)28-6)21-15(2)17-11-12-24(21,22(25)26)23(17,3)4/h13-14,17H,7-12H2,1-6H3,(H,25,26)/t17-,24+/m0/s1. The van der Waals surface area contributed by atoms with Gasteiger partial charge in [-0.3, -0.25) is 4.79 Å². The van der Waals surface area contributed by atoms with Gasteiger partial charge in [-0.05, 0) is 67.2 Å². The summed E-state index contributed by atoms with van der Waals surface area (Å²) in [6, 6.07) is 4.14. The maximum absolute atomic E-state index is 12.7. The van der Waals surface area contributed by atoms with E-state index in [9.17, 15) is 9.90 Å². The van der Waals surface area contributed by atoms with E-state index in [1.54, 1.807) is 14.2 Å². The number of methoxy groups -OCH3 is 2. The normalized spacial score (nSPS) is 25.3. The third-order valence-electron chi connectivity index (χ3n) is 7.37. The lowest BCUT2D eigenvalue weighted by Gasteiger charge is -2.37. The molecule has 2 bridgehead atoms. The van der Waals surface area contributed by atoms with Crippen LogP contribution in [0, 0.1) is 16.7 Å². The number of carboxylic acids is 1. The SMILES string of the molecule is CCCCCc1cc(OC)c(C2=C(C)[C@@H]3CC[C@@]2(C(=O)O)C3(C)C)c(OC)c1. The van der Waals surface area contributed by atoms with E-state index in [4.69, 9.17) is 9.47 Å². The maximum Gasteiger partial charge on any atom is 0.314 e. The van der Waals surface area contributed by atoms with Crippen LogP contribution in [0.25, 0.3) is 5.57 Å². The fourth-order valence-electron chi connectivity index (χ4n) is 5.89. The van der Waals surface area contributed by atoms with Gasteiger partial charge in [0.2, 0.25) is 0 Å². The minimum Gasteiger partial charge on any atom is -0.496 e. The molecule has 0 saturated heterocycles. The van der Waals surface area contributed by atoms with Crippen molar-refractivity contribution in [3.8, 4) is 11.5 Å². The van der Waals surface area contributed by atoms with Crippen LogP contribution in [-0.2, 0) is 11.2 Å². The Morgan fingerprint density at radius 3 is 2.29 bits per heavy atom. The number of carbonyl (C=O) groups is 1. The Kier molecular flexibility index (Phi) is 5.53. The van der Waals surface area contributed by atoms with Gasteiger partial charge >= 0.3 is 5.97 Å². The molecule has 0 unspecified atom stereocenters. The van der Waals surface area contributed by atoms with Crippen molar-refractivity contribution in [2.45, 2.75) is 66.2 Å². The molecule has 0 spiro atoms. The van der Waals surface area contributed by atoms with E-state index in [1.165, 1.54) is 24.0 Å². The molecule has 1 N–H and O–H groups in total. The second-order valence-electron chi connectivity index (χ2n) is 8.91.